The fourth-order valence-corrected chi connectivity index (χ4v) is 15.3. The molecule has 0 spiro atoms. The molecule has 3 heterocycles. The highest BCUT2D eigenvalue weighted by Crippen LogP contribution is 2.59. The number of para-hydroxylation sites is 1. The lowest BCUT2D eigenvalue weighted by Gasteiger charge is -2.52. The molecule has 0 amide bonds. The third-order valence-electron chi connectivity index (χ3n) is 20.5. The Balaban J connectivity index is 1.06. The van der Waals surface area contributed by atoms with E-state index in [4.69, 9.17) is 0 Å². The number of benzene rings is 9. The minimum absolute atomic E-state index is 0.0199. The van der Waals surface area contributed by atoms with Crippen LogP contribution in [0.1, 0.15) is 159 Å². The molecule has 81 heavy (non-hydrogen) atoms. The molecule has 9 aromatic rings. The molecule has 0 bridgehead atoms. The quantitative estimate of drug-likeness (QED) is 0.147. The number of rotatable bonds is 7. The summed E-state index contributed by atoms with van der Waals surface area (Å²) in [6.07, 6.45) is 4.69. The molecule has 0 fully saturated rings. The second-order valence-electron chi connectivity index (χ2n) is 28.1. The van der Waals surface area contributed by atoms with Crippen molar-refractivity contribution in [1.29, 1.82) is 0 Å². The molecule has 2 aliphatic carbocycles. The van der Waals surface area contributed by atoms with E-state index in [1.807, 2.05) is 0 Å². The molecule has 0 saturated heterocycles. The van der Waals surface area contributed by atoms with Gasteiger partial charge >= 0.3 is 6.85 Å². The zero-order chi connectivity index (χ0) is 56.3. The average Bonchev–Trinajstić information content (AvgIpc) is 3.23. The summed E-state index contributed by atoms with van der Waals surface area (Å²) < 4.78 is 0. The van der Waals surface area contributed by atoms with Gasteiger partial charge in [0.05, 0.1) is 5.69 Å². The molecule has 0 saturated carbocycles. The molecule has 0 atom stereocenters. The highest BCUT2D eigenvalue weighted by molar-refractivity contribution is 6.93. The Morgan fingerprint density at radius 3 is 1.74 bits per heavy atom. The summed E-state index contributed by atoms with van der Waals surface area (Å²) in [6.45, 7) is 31.7. The molecule has 0 radical (unpaired) electrons. The number of nitrogens with zero attached hydrogens (tertiary/aromatic N) is 3. The van der Waals surface area contributed by atoms with E-state index in [0.717, 1.165) is 23.5 Å². The van der Waals surface area contributed by atoms with Crippen LogP contribution in [0, 0.1) is 6.92 Å². The molecule has 4 heteroatoms. The average molecular weight is 1060 g/mol. The zero-order valence-corrected chi connectivity index (χ0v) is 50.1. The van der Waals surface area contributed by atoms with E-state index >= 15 is 0 Å². The van der Waals surface area contributed by atoms with Gasteiger partial charge in [0.25, 0.3) is 0 Å². The van der Waals surface area contributed by atoms with Gasteiger partial charge in [-0.2, -0.15) is 0 Å². The normalized spacial score (nSPS) is 17.8. The Bertz CT molecular complexity index is 4040. The van der Waals surface area contributed by atoms with E-state index in [1.54, 1.807) is 0 Å². The first-order valence-electron chi connectivity index (χ1n) is 30.1. The van der Waals surface area contributed by atoms with Gasteiger partial charge in [-0.1, -0.05) is 204 Å². The second-order valence-corrected chi connectivity index (χ2v) is 28.1. The summed E-state index contributed by atoms with van der Waals surface area (Å²) >= 11 is 0. The van der Waals surface area contributed by atoms with Crippen LogP contribution in [0.4, 0.5) is 45.5 Å². The predicted molar refractivity (Wildman–Crippen MR) is 347 cm³/mol. The molecule has 0 N–H and O–H groups in total. The number of fused-ring (bicyclic) bond motifs is 8. The Morgan fingerprint density at radius 2 is 1.04 bits per heavy atom. The first kappa shape index (κ1) is 51.6. The molecule has 0 aromatic heterocycles. The van der Waals surface area contributed by atoms with Crippen LogP contribution < -0.4 is 25.5 Å². The fourth-order valence-electron chi connectivity index (χ4n) is 15.3. The van der Waals surface area contributed by atoms with Crippen molar-refractivity contribution in [2.24, 2.45) is 0 Å². The van der Waals surface area contributed by atoms with Crippen molar-refractivity contribution in [1.82, 2.24) is 0 Å². The van der Waals surface area contributed by atoms with Crippen molar-refractivity contribution in [3.63, 3.8) is 0 Å². The molecule has 5 aliphatic rings. The zero-order valence-electron chi connectivity index (χ0n) is 50.1. The summed E-state index contributed by atoms with van der Waals surface area (Å²) in [5.74, 6) is 0.313. The topological polar surface area (TPSA) is 9.72 Å². The van der Waals surface area contributed by atoms with Gasteiger partial charge in [0.1, 0.15) is 0 Å². The minimum atomic E-state index is -0.255. The first-order valence-corrected chi connectivity index (χ1v) is 30.1. The molecular formula is C77H78BN3. The van der Waals surface area contributed by atoms with Crippen molar-refractivity contribution < 1.29 is 0 Å². The van der Waals surface area contributed by atoms with Gasteiger partial charge in [-0.15, -0.1) is 0 Å². The molecule has 0 unspecified atom stereocenters. The highest BCUT2D eigenvalue weighted by Gasteiger charge is 2.51. The number of anilines is 8. The minimum Gasteiger partial charge on any atom is -0.376 e. The van der Waals surface area contributed by atoms with Gasteiger partial charge in [0, 0.05) is 50.8 Å². The standard InChI is InChI=1S/C77H78BN3/c1-48(2)53-42-60-59-35-33-56(79(55-25-19-24-52(41-55)50-22-15-14-16-23-50)54-31-29-51(30-32-54)58-26-18-17-21-49(58)3)45-68(59)81(57-34-36-61-63(44-57)74(6,7)38-37-73(61,4)5)78-67-28-20-27-62-72(67)80(70(43-53)71(60)78)69-47-65-64(46-66(69)77(62,12)13)75(8,9)39-40-76(65,10)11/h14-36,41-48H,37-40H2,1-13H3. The smallest absolute Gasteiger partial charge is 0.333 e. The third kappa shape index (κ3) is 7.89. The van der Waals surface area contributed by atoms with Crippen molar-refractivity contribution in [3.8, 4) is 33.4 Å². The van der Waals surface area contributed by atoms with Crippen LogP contribution in [-0.4, -0.2) is 6.85 Å². The molecule has 9 aromatic carbocycles. The Kier molecular flexibility index (Phi) is 11.4. The van der Waals surface area contributed by atoms with Crippen LogP contribution in [0.15, 0.2) is 182 Å². The van der Waals surface area contributed by atoms with E-state index in [-0.39, 0.29) is 33.9 Å². The lowest BCUT2D eigenvalue weighted by molar-refractivity contribution is 0.331. The molecule has 3 nitrogen and oxygen atoms in total. The van der Waals surface area contributed by atoms with Crippen LogP contribution in [0.3, 0.4) is 0 Å². The van der Waals surface area contributed by atoms with Crippen LogP contribution in [0.5, 0.6) is 0 Å². The van der Waals surface area contributed by atoms with Gasteiger partial charge in [-0.3, -0.25) is 0 Å². The van der Waals surface area contributed by atoms with Crippen LogP contribution in [0.25, 0.3) is 33.4 Å². The van der Waals surface area contributed by atoms with Crippen molar-refractivity contribution in [2.75, 3.05) is 14.6 Å². The van der Waals surface area contributed by atoms with Gasteiger partial charge in [-0.05, 0) is 204 Å². The monoisotopic (exact) mass is 1060 g/mol. The maximum absolute atomic E-state index is 2.78. The number of hydrogen-bond donors (Lipinski definition) is 0. The first-order chi connectivity index (χ1) is 38.6. The van der Waals surface area contributed by atoms with Gasteiger partial charge in [-0.25, -0.2) is 0 Å². The van der Waals surface area contributed by atoms with Crippen molar-refractivity contribution in [2.45, 2.75) is 149 Å². The van der Waals surface area contributed by atoms with Gasteiger partial charge < -0.3 is 14.6 Å². The summed E-state index contributed by atoms with van der Waals surface area (Å²) in [7, 11) is 0. The Labute approximate surface area is 483 Å². The number of aryl methyl sites for hydroxylation is 1. The maximum atomic E-state index is 2.78. The summed E-state index contributed by atoms with van der Waals surface area (Å²) in [5, 5.41) is 0. The molecule has 14 rings (SSSR count). The van der Waals surface area contributed by atoms with Crippen LogP contribution in [0.2, 0.25) is 0 Å². The number of hydrogen-bond acceptors (Lipinski definition) is 3. The highest BCUT2D eigenvalue weighted by atomic mass is 15.2. The van der Waals surface area contributed by atoms with Crippen LogP contribution >= 0.6 is 0 Å². The maximum Gasteiger partial charge on any atom is 0.333 e. The molecular weight excluding hydrogens is 978 g/mol. The van der Waals surface area contributed by atoms with Gasteiger partial charge in [0.2, 0.25) is 0 Å². The van der Waals surface area contributed by atoms with E-state index < -0.39 is 0 Å². The predicted octanol–water partition coefficient (Wildman–Crippen LogP) is 20.0. The Hall–Kier alpha value is -7.56. The van der Waals surface area contributed by atoms with E-state index in [2.05, 4.69) is 287 Å². The third-order valence-corrected chi connectivity index (χ3v) is 20.5. The molecule has 3 aliphatic heterocycles. The lowest BCUT2D eigenvalue weighted by atomic mass is 9.42. The van der Waals surface area contributed by atoms with Crippen LogP contribution in [-0.2, 0) is 27.1 Å². The SMILES string of the molecule is Cc1ccccc1-c1ccc(N(c2cccc(-c3ccccc3)c2)c2ccc3c(c2)N(c2ccc4c(c2)C(C)(C)CCC4(C)C)B2c4cccc5c4N(c4cc6c(cc4C5(C)C)C(C)(C)CCC6(C)C)c4cc(C(C)C)cc-3c42)cc1. The molecule has 404 valence electrons. The summed E-state index contributed by atoms with van der Waals surface area (Å²) in [5.41, 5.74) is 31.5. The largest absolute Gasteiger partial charge is 0.376 e. The summed E-state index contributed by atoms with van der Waals surface area (Å²) in [4.78, 5) is 8.03. The Morgan fingerprint density at radius 1 is 0.420 bits per heavy atom. The van der Waals surface area contributed by atoms with E-state index in [0.29, 0.717) is 5.92 Å². The van der Waals surface area contributed by atoms with Gasteiger partial charge in [0.15, 0.2) is 0 Å². The van der Waals surface area contributed by atoms with E-state index in [9.17, 15) is 0 Å². The van der Waals surface area contributed by atoms with E-state index in [1.165, 1.54) is 137 Å². The fraction of sp³-hybridized carbons (Fsp3) is 0.299. The summed E-state index contributed by atoms with van der Waals surface area (Å²) in [6, 6.07) is 70.7. The second kappa shape index (κ2) is 18.0. The lowest BCUT2D eigenvalue weighted by Crippen LogP contribution is -2.62. The van der Waals surface area contributed by atoms with Crippen molar-refractivity contribution >= 4 is 63.3 Å². The van der Waals surface area contributed by atoms with Crippen molar-refractivity contribution in [3.05, 3.63) is 226 Å².